The van der Waals surface area contributed by atoms with Crippen LogP contribution >= 0.6 is 0 Å². The second-order valence-electron chi connectivity index (χ2n) is 16.5. The van der Waals surface area contributed by atoms with Crippen LogP contribution in [0, 0.1) is 0 Å². The Morgan fingerprint density at radius 3 is 1.08 bits per heavy atom. The summed E-state index contributed by atoms with van der Waals surface area (Å²) in [5.74, 6) is 0. The monoisotopic (exact) mass is 896 g/mol. The van der Waals surface area contributed by atoms with Gasteiger partial charge in [-0.25, -0.2) is 0 Å². The van der Waals surface area contributed by atoms with Gasteiger partial charge in [-0.2, -0.15) is 0 Å². The lowest BCUT2D eigenvalue weighted by Crippen LogP contribution is -2.66. The van der Waals surface area contributed by atoms with E-state index in [1.807, 2.05) is 182 Å². The summed E-state index contributed by atoms with van der Waals surface area (Å²) in [5, 5.41) is 12.6. The first-order valence-corrected chi connectivity index (χ1v) is 22.6. The highest BCUT2D eigenvalue weighted by atomic mass is 16.8. The maximum Gasteiger partial charge on any atom is 0.187 e. The molecule has 2 saturated heterocycles. The fourth-order valence-corrected chi connectivity index (χ4v) is 8.22. The lowest BCUT2D eigenvalue weighted by Gasteiger charge is -2.49. The summed E-state index contributed by atoms with van der Waals surface area (Å²) in [6.07, 6.45) is -9.19. The Bertz CT molecular complexity index is 2220. The average Bonchev–Trinajstić information content (AvgIpc) is 3.37. The predicted octanol–water partition coefficient (Wildman–Crippen LogP) is 8.60. The van der Waals surface area contributed by atoms with Gasteiger partial charge in [0.1, 0.15) is 48.8 Å². The van der Waals surface area contributed by atoms with E-state index in [1.54, 1.807) is 7.11 Å². The molecule has 0 bridgehead atoms. The van der Waals surface area contributed by atoms with Gasteiger partial charge in [0.2, 0.25) is 0 Å². The van der Waals surface area contributed by atoms with Gasteiger partial charge in [-0.05, 0) is 33.4 Å². The molecule has 0 amide bonds. The number of ether oxygens (including phenoxy) is 10. The third-order valence-corrected chi connectivity index (χ3v) is 11.7. The van der Waals surface area contributed by atoms with Crippen molar-refractivity contribution in [3.05, 3.63) is 215 Å². The van der Waals surface area contributed by atoms with Gasteiger partial charge in [0.25, 0.3) is 0 Å². The Labute approximate surface area is 388 Å². The third kappa shape index (κ3) is 13.5. The van der Waals surface area contributed by atoms with E-state index in [9.17, 15) is 5.11 Å². The van der Waals surface area contributed by atoms with E-state index >= 15 is 0 Å². The number of aliphatic hydroxyl groups excluding tert-OH is 1. The van der Waals surface area contributed by atoms with E-state index in [-0.39, 0.29) is 39.6 Å². The smallest absolute Gasteiger partial charge is 0.187 e. The molecule has 6 aromatic rings. The molecule has 11 heteroatoms. The van der Waals surface area contributed by atoms with Gasteiger partial charge in [-0.3, -0.25) is 0 Å². The molecule has 0 aromatic heterocycles. The molecule has 0 radical (unpaired) electrons. The fraction of sp³-hybridized carbons (Fsp3) is 0.345. The zero-order chi connectivity index (χ0) is 45.2. The second-order valence-corrected chi connectivity index (χ2v) is 16.5. The van der Waals surface area contributed by atoms with Crippen molar-refractivity contribution >= 4 is 0 Å². The van der Waals surface area contributed by atoms with Crippen molar-refractivity contribution in [2.75, 3.05) is 20.3 Å². The van der Waals surface area contributed by atoms with Crippen molar-refractivity contribution in [2.24, 2.45) is 0 Å². The van der Waals surface area contributed by atoms with Gasteiger partial charge in [0.15, 0.2) is 12.6 Å². The van der Waals surface area contributed by atoms with Crippen molar-refractivity contribution in [2.45, 2.75) is 101 Å². The molecule has 10 atom stereocenters. The second kappa shape index (κ2) is 25.1. The molecule has 2 heterocycles. The van der Waals surface area contributed by atoms with Crippen LogP contribution in [0.4, 0.5) is 0 Å². The Hall–Kier alpha value is -5.12. The van der Waals surface area contributed by atoms with Crippen LogP contribution in [0.25, 0.3) is 0 Å². The van der Waals surface area contributed by atoms with E-state index in [1.165, 1.54) is 0 Å². The molecule has 1 N–H and O–H groups in total. The summed E-state index contributed by atoms with van der Waals surface area (Å²) in [7, 11) is 1.58. The zero-order valence-corrected chi connectivity index (χ0v) is 37.3. The number of hydrogen-bond donors (Lipinski definition) is 1. The van der Waals surface area contributed by atoms with Crippen LogP contribution in [0.15, 0.2) is 182 Å². The van der Waals surface area contributed by atoms with E-state index < -0.39 is 61.4 Å². The van der Waals surface area contributed by atoms with Crippen molar-refractivity contribution in [3.8, 4) is 0 Å². The third-order valence-electron chi connectivity index (χ3n) is 11.7. The summed E-state index contributed by atoms with van der Waals surface area (Å²) >= 11 is 0. The Morgan fingerprint density at radius 1 is 0.364 bits per heavy atom. The van der Waals surface area contributed by atoms with Gasteiger partial charge in [0, 0.05) is 7.11 Å². The number of methoxy groups -OCH3 is 1. The van der Waals surface area contributed by atoms with Crippen LogP contribution in [-0.4, -0.2) is 86.8 Å². The number of aliphatic hydroxyl groups is 1. The molecule has 66 heavy (non-hydrogen) atoms. The highest BCUT2D eigenvalue weighted by Crippen LogP contribution is 2.35. The lowest BCUT2D eigenvalue weighted by molar-refractivity contribution is -0.372. The largest absolute Gasteiger partial charge is 0.385 e. The van der Waals surface area contributed by atoms with Crippen LogP contribution < -0.4 is 0 Å². The molecule has 2 aliphatic rings. The standard InChI is InChI=1S/C55H60O11/c1-57-55-53(63-37-45-30-18-7-19-31-45)52(62-36-44-28-16-6-17-29-44)50(47(65-55)39-59-33-41-22-10-3-11-23-41)66-54-48(56)51(61-35-43-26-14-5-15-27-43)49(60-34-42-24-12-4-13-25-42)46(64-54)38-58-32-40-20-8-2-9-21-40/h2-31,46-56H,32-39H2,1H3/t46-,47-,48-,49-,50+,51-,52+,53-,54+,55-/m1/s1. The van der Waals surface area contributed by atoms with Crippen molar-refractivity contribution < 1.29 is 52.5 Å². The molecule has 2 fully saturated rings. The molecule has 0 spiro atoms. The van der Waals surface area contributed by atoms with Gasteiger partial charge >= 0.3 is 0 Å². The molecule has 0 saturated carbocycles. The molecular formula is C55H60O11. The first kappa shape index (κ1) is 47.4. The minimum atomic E-state index is -1.34. The minimum Gasteiger partial charge on any atom is -0.385 e. The van der Waals surface area contributed by atoms with E-state index in [4.69, 9.17) is 47.4 Å². The summed E-state index contributed by atoms with van der Waals surface area (Å²) in [6.45, 7) is 1.80. The predicted molar refractivity (Wildman–Crippen MR) is 247 cm³/mol. The Kier molecular flexibility index (Phi) is 18.0. The van der Waals surface area contributed by atoms with Crippen LogP contribution in [0.3, 0.4) is 0 Å². The summed E-state index contributed by atoms with van der Waals surface area (Å²) in [5.41, 5.74) is 5.81. The summed E-state index contributed by atoms with van der Waals surface area (Å²) in [4.78, 5) is 0. The van der Waals surface area contributed by atoms with E-state index in [0.717, 1.165) is 33.4 Å². The van der Waals surface area contributed by atoms with Crippen LogP contribution in [-0.2, 0) is 87.0 Å². The number of hydrogen-bond acceptors (Lipinski definition) is 11. The van der Waals surface area contributed by atoms with Crippen molar-refractivity contribution in [1.29, 1.82) is 0 Å². The molecule has 0 unspecified atom stereocenters. The fourth-order valence-electron chi connectivity index (χ4n) is 8.22. The normalized spacial score (nSPS) is 25.4. The molecule has 11 nitrogen and oxygen atoms in total. The summed E-state index contributed by atoms with van der Waals surface area (Å²) in [6, 6.07) is 59.4. The number of benzene rings is 6. The van der Waals surface area contributed by atoms with Gasteiger partial charge in [-0.15, -0.1) is 0 Å². The Balaban J connectivity index is 1.12. The van der Waals surface area contributed by atoms with Crippen LogP contribution in [0.5, 0.6) is 0 Å². The minimum absolute atomic E-state index is 0.0964. The lowest BCUT2D eigenvalue weighted by atomic mass is 9.96. The van der Waals surface area contributed by atoms with Gasteiger partial charge in [-0.1, -0.05) is 182 Å². The Morgan fingerprint density at radius 2 is 0.682 bits per heavy atom. The quantitative estimate of drug-likeness (QED) is 0.0668. The van der Waals surface area contributed by atoms with Gasteiger partial charge < -0.3 is 52.5 Å². The van der Waals surface area contributed by atoms with Crippen molar-refractivity contribution in [3.63, 3.8) is 0 Å². The van der Waals surface area contributed by atoms with Crippen LogP contribution in [0.2, 0.25) is 0 Å². The van der Waals surface area contributed by atoms with Crippen LogP contribution in [0.1, 0.15) is 33.4 Å². The topological polar surface area (TPSA) is 113 Å². The zero-order valence-electron chi connectivity index (χ0n) is 37.3. The van der Waals surface area contributed by atoms with Gasteiger partial charge in [0.05, 0.1) is 52.9 Å². The maximum absolute atomic E-state index is 12.6. The number of rotatable bonds is 23. The highest BCUT2D eigenvalue weighted by molar-refractivity contribution is 5.18. The van der Waals surface area contributed by atoms with E-state index in [0.29, 0.717) is 13.2 Å². The average molecular weight is 897 g/mol. The highest BCUT2D eigenvalue weighted by Gasteiger charge is 2.54. The molecule has 0 aliphatic carbocycles. The summed E-state index contributed by atoms with van der Waals surface area (Å²) < 4.78 is 66.4. The molecule has 6 aromatic carbocycles. The molecular weight excluding hydrogens is 837 g/mol. The molecule has 2 aliphatic heterocycles. The first-order chi connectivity index (χ1) is 32.6. The van der Waals surface area contributed by atoms with E-state index in [2.05, 4.69) is 0 Å². The SMILES string of the molecule is CO[C@@H]1O[C@H](COCc2ccccc2)[C@H](O[C@@H]2O[C@H](COCc3ccccc3)[C@@H](OCc3ccccc3)[C@H](OCc3ccccc3)[C@H]2O)[C@H](OCc2ccccc2)[C@H]1OCc1ccccc1. The molecule has 346 valence electrons. The maximum atomic E-state index is 12.6. The first-order valence-electron chi connectivity index (χ1n) is 22.6. The van der Waals surface area contributed by atoms with Crippen molar-refractivity contribution in [1.82, 2.24) is 0 Å². The molecule has 8 rings (SSSR count).